The van der Waals surface area contributed by atoms with Gasteiger partial charge in [-0.15, -0.1) is 0 Å². The first-order chi connectivity index (χ1) is 9.67. The molecule has 0 radical (unpaired) electrons. The highest BCUT2D eigenvalue weighted by molar-refractivity contribution is 5.77. The predicted molar refractivity (Wildman–Crippen MR) is 73.3 cm³/mol. The summed E-state index contributed by atoms with van der Waals surface area (Å²) in [4.78, 5) is 11.7. The maximum Gasteiger partial charge on any atom is 0.258 e. The topological polar surface area (TPSA) is 71.3 Å². The van der Waals surface area contributed by atoms with Crippen molar-refractivity contribution in [3.8, 4) is 11.8 Å². The van der Waals surface area contributed by atoms with Gasteiger partial charge in [0, 0.05) is 13.7 Å². The van der Waals surface area contributed by atoms with Crippen LogP contribution in [-0.2, 0) is 9.53 Å². The maximum atomic E-state index is 11.7. The maximum absolute atomic E-state index is 11.7. The van der Waals surface area contributed by atoms with Gasteiger partial charge in [-0.2, -0.15) is 5.26 Å². The molecule has 106 valence electrons. The van der Waals surface area contributed by atoms with Crippen LogP contribution in [-0.4, -0.2) is 31.8 Å². The third-order valence-electron chi connectivity index (χ3n) is 3.66. The molecule has 5 nitrogen and oxygen atoms in total. The molecule has 0 aromatic heterocycles. The van der Waals surface area contributed by atoms with E-state index in [4.69, 9.17) is 14.7 Å². The molecule has 20 heavy (non-hydrogen) atoms. The fourth-order valence-corrected chi connectivity index (χ4v) is 2.11. The molecule has 0 saturated heterocycles. The number of ether oxygens (including phenoxy) is 2. The van der Waals surface area contributed by atoms with Crippen molar-refractivity contribution in [2.75, 3.05) is 20.3 Å². The molecule has 0 unspecified atom stereocenters. The van der Waals surface area contributed by atoms with Crippen molar-refractivity contribution >= 4 is 5.91 Å². The second kappa shape index (κ2) is 6.40. The molecule has 5 heteroatoms. The lowest BCUT2D eigenvalue weighted by Gasteiger charge is -2.40. The first-order valence-corrected chi connectivity index (χ1v) is 6.62. The molecule has 1 N–H and O–H groups in total. The van der Waals surface area contributed by atoms with Crippen LogP contribution >= 0.6 is 0 Å². The molecule has 1 saturated carbocycles. The minimum atomic E-state index is -0.176. The smallest absolute Gasteiger partial charge is 0.258 e. The third kappa shape index (κ3) is 3.49. The summed E-state index contributed by atoms with van der Waals surface area (Å²) in [6, 6.07) is 8.69. The van der Waals surface area contributed by atoms with Crippen molar-refractivity contribution < 1.29 is 14.3 Å². The monoisotopic (exact) mass is 274 g/mol. The van der Waals surface area contributed by atoms with Gasteiger partial charge in [0.05, 0.1) is 17.2 Å². The van der Waals surface area contributed by atoms with Crippen LogP contribution in [0.15, 0.2) is 24.3 Å². The SMILES string of the molecule is COC1(CNC(=O)COc2ccc(C#N)cc2)CCC1. The zero-order chi connectivity index (χ0) is 14.4. The highest BCUT2D eigenvalue weighted by Crippen LogP contribution is 2.34. The van der Waals surface area contributed by atoms with Gasteiger partial charge in [0.1, 0.15) is 5.75 Å². The molecule has 1 amide bonds. The summed E-state index contributed by atoms with van der Waals surface area (Å²) < 4.78 is 10.8. The molecule has 0 bridgehead atoms. The Labute approximate surface area is 118 Å². The van der Waals surface area contributed by atoms with Crippen molar-refractivity contribution in [2.45, 2.75) is 24.9 Å². The summed E-state index contributed by atoms with van der Waals surface area (Å²) in [5.74, 6) is 0.405. The van der Waals surface area contributed by atoms with E-state index in [9.17, 15) is 4.79 Å². The number of carbonyl (C=O) groups excluding carboxylic acids is 1. The first-order valence-electron chi connectivity index (χ1n) is 6.62. The summed E-state index contributed by atoms with van der Waals surface area (Å²) >= 11 is 0. The van der Waals surface area contributed by atoms with Crippen molar-refractivity contribution in [2.24, 2.45) is 0 Å². The predicted octanol–water partition coefficient (Wildman–Crippen LogP) is 1.62. The van der Waals surface area contributed by atoms with Crippen LogP contribution in [0.2, 0.25) is 0 Å². The van der Waals surface area contributed by atoms with Gasteiger partial charge < -0.3 is 14.8 Å². The largest absolute Gasteiger partial charge is 0.484 e. The second-order valence-electron chi connectivity index (χ2n) is 4.94. The molecule has 1 fully saturated rings. The van der Waals surface area contributed by atoms with E-state index in [0.29, 0.717) is 17.9 Å². The van der Waals surface area contributed by atoms with Crippen LogP contribution in [0.1, 0.15) is 24.8 Å². The number of benzene rings is 1. The second-order valence-corrected chi connectivity index (χ2v) is 4.94. The fraction of sp³-hybridized carbons (Fsp3) is 0.467. The van der Waals surface area contributed by atoms with Crippen LogP contribution < -0.4 is 10.1 Å². The van der Waals surface area contributed by atoms with Gasteiger partial charge in [-0.05, 0) is 43.5 Å². The average Bonchev–Trinajstić information content (AvgIpc) is 2.45. The summed E-state index contributed by atoms with van der Waals surface area (Å²) in [7, 11) is 1.68. The Morgan fingerprint density at radius 3 is 2.60 bits per heavy atom. The van der Waals surface area contributed by atoms with Gasteiger partial charge in [-0.1, -0.05) is 0 Å². The van der Waals surface area contributed by atoms with Crippen LogP contribution in [0.25, 0.3) is 0 Å². The number of rotatable bonds is 6. The fourth-order valence-electron chi connectivity index (χ4n) is 2.11. The molecule has 0 heterocycles. The van der Waals surface area contributed by atoms with Gasteiger partial charge >= 0.3 is 0 Å². The number of nitrogens with one attached hydrogen (secondary N) is 1. The van der Waals surface area contributed by atoms with E-state index in [-0.39, 0.29) is 18.1 Å². The standard InChI is InChI=1S/C15H18N2O3/c1-19-15(7-2-8-15)11-17-14(18)10-20-13-5-3-12(9-16)4-6-13/h3-6H,2,7-8,10-11H2,1H3,(H,17,18). The lowest BCUT2D eigenvalue weighted by atomic mass is 9.80. The van der Waals surface area contributed by atoms with Crippen LogP contribution in [0, 0.1) is 11.3 Å². The number of hydrogen-bond donors (Lipinski definition) is 1. The Morgan fingerprint density at radius 2 is 2.10 bits per heavy atom. The molecule has 0 aliphatic heterocycles. The number of carbonyl (C=O) groups is 1. The molecule has 0 atom stereocenters. The van der Waals surface area contributed by atoms with Gasteiger partial charge in [0.15, 0.2) is 6.61 Å². The Balaban J connectivity index is 1.73. The first kappa shape index (κ1) is 14.4. The molecule has 1 aliphatic carbocycles. The van der Waals surface area contributed by atoms with Crippen molar-refractivity contribution in [1.29, 1.82) is 5.26 Å². The summed E-state index contributed by atoms with van der Waals surface area (Å²) in [6.07, 6.45) is 3.12. The molecular formula is C15H18N2O3. The molecular weight excluding hydrogens is 256 g/mol. The number of methoxy groups -OCH3 is 1. The van der Waals surface area contributed by atoms with Crippen LogP contribution in [0.4, 0.5) is 0 Å². The van der Waals surface area contributed by atoms with Crippen LogP contribution in [0.5, 0.6) is 5.75 Å². The number of amides is 1. The lowest BCUT2D eigenvalue weighted by molar-refractivity contribution is -0.126. The van der Waals surface area contributed by atoms with Gasteiger partial charge in [-0.25, -0.2) is 0 Å². The van der Waals surface area contributed by atoms with E-state index >= 15 is 0 Å². The Morgan fingerprint density at radius 1 is 1.40 bits per heavy atom. The minimum Gasteiger partial charge on any atom is -0.484 e. The zero-order valence-corrected chi connectivity index (χ0v) is 11.5. The van der Waals surface area contributed by atoms with Crippen molar-refractivity contribution in [3.05, 3.63) is 29.8 Å². The average molecular weight is 274 g/mol. The van der Waals surface area contributed by atoms with Crippen molar-refractivity contribution in [3.63, 3.8) is 0 Å². The quantitative estimate of drug-likeness (QED) is 0.855. The lowest BCUT2D eigenvalue weighted by Crippen LogP contribution is -2.50. The Bertz CT molecular complexity index is 495. The number of nitriles is 1. The molecule has 1 aromatic rings. The number of hydrogen-bond acceptors (Lipinski definition) is 4. The van der Waals surface area contributed by atoms with Crippen LogP contribution in [0.3, 0.4) is 0 Å². The van der Waals surface area contributed by atoms with E-state index in [2.05, 4.69) is 5.32 Å². The van der Waals surface area contributed by atoms with E-state index < -0.39 is 0 Å². The highest BCUT2D eigenvalue weighted by Gasteiger charge is 2.37. The van der Waals surface area contributed by atoms with Gasteiger partial charge in [-0.3, -0.25) is 4.79 Å². The summed E-state index contributed by atoms with van der Waals surface area (Å²) in [5.41, 5.74) is 0.387. The van der Waals surface area contributed by atoms with E-state index in [1.165, 1.54) is 0 Å². The van der Waals surface area contributed by atoms with E-state index in [1.54, 1.807) is 31.4 Å². The molecule has 0 spiro atoms. The Kier molecular flexibility index (Phi) is 4.59. The normalized spacial score (nSPS) is 15.8. The van der Waals surface area contributed by atoms with E-state index in [0.717, 1.165) is 19.3 Å². The minimum absolute atomic E-state index is 0.0360. The van der Waals surface area contributed by atoms with Gasteiger partial charge in [0.25, 0.3) is 5.91 Å². The zero-order valence-electron chi connectivity index (χ0n) is 11.5. The number of nitrogens with zero attached hydrogens (tertiary/aromatic N) is 1. The molecule has 1 aliphatic rings. The highest BCUT2D eigenvalue weighted by atomic mass is 16.5. The molecule has 2 rings (SSSR count). The summed E-state index contributed by atoms with van der Waals surface area (Å²) in [5, 5.41) is 11.5. The van der Waals surface area contributed by atoms with Crippen molar-refractivity contribution in [1.82, 2.24) is 5.32 Å². The molecule has 1 aromatic carbocycles. The summed E-state index contributed by atoms with van der Waals surface area (Å²) in [6.45, 7) is 0.491. The van der Waals surface area contributed by atoms with Gasteiger partial charge in [0.2, 0.25) is 0 Å². The third-order valence-corrected chi connectivity index (χ3v) is 3.66. The Hall–Kier alpha value is -2.06. The van der Waals surface area contributed by atoms with E-state index in [1.807, 2.05) is 6.07 Å².